The van der Waals surface area contributed by atoms with Crippen LogP contribution in [-0.4, -0.2) is 28.8 Å². The van der Waals surface area contributed by atoms with E-state index >= 15 is 0 Å². The molecule has 4 heteroatoms. The molecule has 0 amide bonds. The van der Waals surface area contributed by atoms with Crippen LogP contribution in [0, 0.1) is 0 Å². The van der Waals surface area contributed by atoms with E-state index < -0.39 is 0 Å². The highest BCUT2D eigenvalue weighted by atomic mass is 16.5. The standard InChI is InChI=1S/C16H21N3O/c1-20-16-9-5-3-7-14(16)18-13-6-2-4-8-15(13)19-11-10-17-12-19/h2,4,6,8,10-12,14,16,18H,3,5,7,9H2,1H3. The summed E-state index contributed by atoms with van der Waals surface area (Å²) in [4.78, 5) is 4.13. The predicted octanol–water partition coefficient (Wildman–Crippen LogP) is 3.24. The molecule has 1 saturated carbocycles. The Hall–Kier alpha value is -1.81. The Morgan fingerprint density at radius 1 is 1.25 bits per heavy atom. The number of imidazole rings is 1. The fourth-order valence-electron chi connectivity index (χ4n) is 2.97. The summed E-state index contributed by atoms with van der Waals surface area (Å²) in [5, 5.41) is 3.67. The minimum atomic E-state index is 0.305. The van der Waals surface area contributed by atoms with E-state index in [0.29, 0.717) is 12.1 Å². The van der Waals surface area contributed by atoms with Crippen molar-refractivity contribution in [3.05, 3.63) is 43.0 Å². The number of nitrogens with zero attached hydrogens (tertiary/aromatic N) is 2. The summed E-state index contributed by atoms with van der Waals surface area (Å²) in [6.45, 7) is 0. The van der Waals surface area contributed by atoms with E-state index in [9.17, 15) is 0 Å². The maximum atomic E-state index is 5.62. The van der Waals surface area contributed by atoms with Crippen molar-refractivity contribution in [3.8, 4) is 5.69 Å². The minimum absolute atomic E-state index is 0.305. The van der Waals surface area contributed by atoms with E-state index in [2.05, 4.69) is 34.6 Å². The normalized spacial score (nSPS) is 22.6. The van der Waals surface area contributed by atoms with Gasteiger partial charge in [0.15, 0.2) is 0 Å². The molecule has 0 radical (unpaired) electrons. The lowest BCUT2D eigenvalue weighted by atomic mass is 9.92. The van der Waals surface area contributed by atoms with Crippen molar-refractivity contribution in [2.75, 3.05) is 12.4 Å². The van der Waals surface area contributed by atoms with E-state index in [-0.39, 0.29) is 0 Å². The Balaban J connectivity index is 1.83. The fraction of sp³-hybridized carbons (Fsp3) is 0.438. The number of hydrogen-bond acceptors (Lipinski definition) is 3. The Bertz CT molecular complexity index is 538. The number of benzene rings is 1. The zero-order valence-corrected chi connectivity index (χ0v) is 11.8. The molecule has 1 fully saturated rings. The third kappa shape index (κ3) is 2.70. The number of nitrogens with one attached hydrogen (secondary N) is 1. The van der Waals surface area contributed by atoms with E-state index in [0.717, 1.165) is 24.2 Å². The number of ether oxygens (including phenoxy) is 1. The van der Waals surface area contributed by atoms with Gasteiger partial charge in [-0.15, -0.1) is 0 Å². The van der Waals surface area contributed by atoms with Crippen LogP contribution in [0.4, 0.5) is 5.69 Å². The first-order chi connectivity index (χ1) is 9.88. The van der Waals surface area contributed by atoms with Crippen molar-refractivity contribution < 1.29 is 4.74 Å². The molecule has 2 aromatic rings. The minimum Gasteiger partial charge on any atom is -0.379 e. The second kappa shape index (κ2) is 6.09. The molecule has 1 aliphatic rings. The van der Waals surface area contributed by atoms with Crippen LogP contribution >= 0.6 is 0 Å². The molecule has 20 heavy (non-hydrogen) atoms. The highest BCUT2D eigenvalue weighted by Crippen LogP contribution is 2.27. The molecule has 2 atom stereocenters. The SMILES string of the molecule is COC1CCCCC1Nc1ccccc1-n1ccnc1. The van der Waals surface area contributed by atoms with Gasteiger partial charge in [-0.1, -0.05) is 25.0 Å². The van der Waals surface area contributed by atoms with E-state index in [1.54, 1.807) is 6.20 Å². The quantitative estimate of drug-likeness (QED) is 0.928. The molecule has 0 saturated heterocycles. The molecule has 0 spiro atoms. The van der Waals surface area contributed by atoms with Gasteiger partial charge >= 0.3 is 0 Å². The molecule has 1 aromatic heterocycles. The van der Waals surface area contributed by atoms with Gasteiger partial charge in [0.1, 0.15) is 0 Å². The Morgan fingerprint density at radius 2 is 2.10 bits per heavy atom. The fourth-order valence-corrected chi connectivity index (χ4v) is 2.97. The largest absolute Gasteiger partial charge is 0.379 e. The maximum absolute atomic E-state index is 5.62. The van der Waals surface area contributed by atoms with E-state index in [1.807, 2.05) is 24.2 Å². The summed E-state index contributed by atoms with van der Waals surface area (Å²) in [5.41, 5.74) is 2.27. The van der Waals surface area contributed by atoms with Crippen LogP contribution in [0.5, 0.6) is 0 Å². The van der Waals surface area contributed by atoms with Crippen LogP contribution < -0.4 is 5.32 Å². The van der Waals surface area contributed by atoms with Crippen molar-refractivity contribution in [2.24, 2.45) is 0 Å². The first-order valence-corrected chi connectivity index (χ1v) is 7.25. The van der Waals surface area contributed by atoms with Gasteiger partial charge < -0.3 is 14.6 Å². The number of hydrogen-bond donors (Lipinski definition) is 1. The molecular formula is C16H21N3O. The third-order valence-corrected chi connectivity index (χ3v) is 4.03. The average molecular weight is 271 g/mol. The number of para-hydroxylation sites is 2. The first kappa shape index (κ1) is 13.2. The lowest BCUT2D eigenvalue weighted by Gasteiger charge is -2.32. The molecule has 0 aliphatic heterocycles. The van der Waals surface area contributed by atoms with E-state index in [4.69, 9.17) is 4.74 Å². The van der Waals surface area contributed by atoms with Crippen molar-refractivity contribution >= 4 is 5.69 Å². The number of methoxy groups -OCH3 is 1. The van der Waals surface area contributed by atoms with Crippen molar-refractivity contribution in [2.45, 2.75) is 37.8 Å². The number of rotatable bonds is 4. The molecule has 1 heterocycles. The van der Waals surface area contributed by atoms with Gasteiger partial charge in [0.25, 0.3) is 0 Å². The van der Waals surface area contributed by atoms with Crippen molar-refractivity contribution in [1.29, 1.82) is 0 Å². The first-order valence-electron chi connectivity index (χ1n) is 7.25. The van der Waals surface area contributed by atoms with Crippen molar-refractivity contribution in [3.63, 3.8) is 0 Å². The molecule has 0 bridgehead atoms. The highest BCUT2D eigenvalue weighted by molar-refractivity contribution is 5.61. The highest BCUT2D eigenvalue weighted by Gasteiger charge is 2.25. The molecule has 3 rings (SSSR count). The predicted molar refractivity (Wildman–Crippen MR) is 80.2 cm³/mol. The Morgan fingerprint density at radius 3 is 2.90 bits per heavy atom. The van der Waals surface area contributed by atoms with Gasteiger partial charge in [0.05, 0.1) is 29.8 Å². The molecule has 2 unspecified atom stereocenters. The molecule has 1 N–H and O–H groups in total. The van der Waals surface area contributed by atoms with Crippen LogP contribution in [0.25, 0.3) is 5.69 Å². The second-order valence-electron chi connectivity index (χ2n) is 5.30. The zero-order chi connectivity index (χ0) is 13.8. The summed E-state index contributed by atoms with van der Waals surface area (Å²) in [6, 6.07) is 8.73. The molecular weight excluding hydrogens is 250 g/mol. The van der Waals surface area contributed by atoms with Crippen LogP contribution in [-0.2, 0) is 4.74 Å². The maximum Gasteiger partial charge on any atom is 0.0992 e. The van der Waals surface area contributed by atoms with Gasteiger partial charge in [0, 0.05) is 19.5 Å². The monoisotopic (exact) mass is 271 g/mol. The lowest BCUT2D eigenvalue weighted by Crippen LogP contribution is -2.38. The second-order valence-corrected chi connectivity index (χ2v) is 5.30. The molecule has 106 valence electrons. The van der Waals surface area contributed by atoms with Crippen LogP contribution in [0.3, 0.4) is 0 Å². The van der Waals surface area contributed by atoms with Gasteiger partial charge in [0.2, 0.25) is 0 Å². The third-order valence-electron chi connectivity index (χ3n) is 4.03. The summed E-state index contributed by atoms with van der Waals surface area (Å²) in [5.74, 6) is 0. The summed E-state index contributed by atoms with van der Waals surface area (Å²) >= 11 is 0. The van der Waals surface area contributed by atoms with Gasteiger partial charge in [-0.05, 0) is 25.0 Å². The summed E-state index contributed by atoms with van der Waals surface area (Å²) in [7, 11) is 1.81. The van der Waals surface area contributed by atoms with Gasteiger partial charge in [-0.3, -0.25) is 0 Å². The van der Waals surface area contributed by atoms with Gasteiger partial charge in [-0.25, -0.2) is 4.98 Å². The van der Waals surface area contributed by atoms with Crippen molar-refractivity contribution in [1.82, 2.24) is 9.55 Å². The summed E-state index contributed by atoms with van der Waals surface area (Å²) < 4.78 is 7.66. The zero-order valence-electron chi connectivity index (χ0n) is 11.8. The molecule has 4 nitrogen and oxygen atoms in total. The summed E-state index contributed by atoms with van der Waals surface area (Å²) in [6.07, 6.45) is 10.7. The lowest BCUT2D eigenvalue weighted by molar-refractivity contribution is 0.0606. The number of anilines is 1. The Kier molecular flexibility index (Phi) is 4.02. The smallest absolute Gasteiger partial charge is 0.0992 e. The van der Waals surface area contributed by atoms with Crippen LogP contribution in [0.1, 0.15) is 25.7 Å². The molecule has 1 aliphatic carbocycles. The topological polar surface area (TPSA) is 39.1 Å². The van der Waals surface area contributed by atoms with Crippen LogP contribution in [0.2, 0.25) is 0 Å². The number of aromatic nitrogens is 2. The average Bonchev–Trinajstić information content (AvgIpc) is 3.02. The van der Waals surface area contributed by atoms with Crippen LogP contribution in [0.15, 0.2) is 43.0 Å². The Labute approximate surface area is 119 Å². The van der Waals surface area contributed by atoms with Gasteiger partial charge in [-0.2, -0.15) is 0 Å². The molecule has 1 aromatic carbocycles. The van der Waals surface area contributed by atoms with E-state index in [1.165, 1.54) is 12.8 Å².